The van der Waals surface area contributed by atoms with Gasteiger partial charge in [-0.15, -0.1) is 0 Å². The van der Waals surface area contributed by atoms with Crippen molar-refractivity contribution in [2.75, 3.05) is 13.3 Å². The minimum atomic E-state index is -0.635. The summed E-state index contributed by atoms with van der Waals surface area (Å²) in [6.45, 7) is 2.47. The third-order valence-corrected chi connectivity index (χ3v) is 4.83. The van der Waals surface area contributed by atoms with Crippen molar-refractivity contribution in [3.8, 4) is 11.5 Å². The standard InChI is InChI=1S/C16H14BrN4O3/c17-11-4-14-13(23-8-24-14)3-10(11)6-21-2-1-9-5-19-16(15(18)22)20-12(9)7-21/h3-4H,1-2,6-8H2,(H2,18,22). The maximum Gasteiger partial charge on any atom is 0.286 e. The molecule has 2 N–H and O–H groups in total. The van der Waals surface area contributed by atoms with Crippen molar-refractivity contribution < 1.29 is 14.3 Å². The maximum atomic E-state index is 11.2. The van der Waals surface area contributed by atoms with E-state index in [0.717, 1.165) is 52.3 Å². The molecule has 24 heavy (non-hydrogen) atoms. The molecule has 0 aliphatic carbocycles. The van der Waals surface area contributed by atoms with Gasteiger partial charge in [0.05, 0.1) is 11.9 Å². The van der Waals surface area contributed by atoms with Gasteiger partial charge in [-0.05, 0) is 24.1 Å². The Morgan fingerprint density at radius 1 is 1.38 bits per heavy atom. The molecule has 0 saturated carbocycles. The van der Waals surface area contributed by atoms with Gasteiger partial charge in [-0.3, -0.25) is 9.69 Å². The first-order valence-electron chi connectivity index (χ1n) is 7.48. The van der Waals surface area contributed by atoms with Gasteiger partial charge in [0.15, 0.2) is 11.5 Å². The van der Waals surface area contributed by atoms with Crippen LogP contribution in [0.1, 0.15) is 27.4 Å². The molecule has 0 spiro atoms. The molecule has 1 aromatic carbocycles. The molecule has 0 bridgehead atoms. The van der Waals surface area contributed by atoms with Crippen LogP contribution >= 0.6 is 15.9 Å². The Hall–Kier alpha value is -2.19. The van der Waals surface area contributed by atoms with Crippen LogP contribution in [0.5, 0.6) is 11.5 Å². The Morgan fingerprint density at radius 3 is 2.96 bits per heavy atom. The number of primary amides is 1. The number of fused-ring (bicyclic) bond motifs is 2. The second-order valence-electron chi connectivity index (χ2n) is 5.71. The molecule has 3 heterocycles. The predicted molar refractivity (Wildman–Crippen MR) is 87.5 cm³/mol. The van der Waals surface area contributed by atoms with Gasteiger partial charge in [-0.2, -0.15) is 0 Å². The van der Waals surface area contributed by atoms with Crippen molar-refractivity contribution in [2.24, 2.45) is 5.73 Å². The number of nitrogens with two attached hydrogens (primary N) is 1. The van der Waals surface area contributed by atoms with Crippen LogP contribution in [0.25, 0.3) is 0 Å². The molecule has 0 atom stereocenters. The van der Waals surface area contributed by atoms with Gasteiger partial charge >= 0.3 is 0 Å². The van der Waals surface area contributed by atoms with E-state index in [4.69, 9.17) is 15.2 Å². The first-order valence-corrected chi connectivity index (χ1v) is 8.27. The highest BCUT2D eigenvalue weighted by atomic mass is 79.9. The number of ether oxygens (including phenoxy) is 2. The SMILES string of the molecule is NC(=O)c1n[c]c2c(n1)CN(Cc1cc3c(cc1Br)OCO3)CC2. The van der Waals surface area contributed by atoms with Crippen LogP contribution in [0, 0.1) is 6.20 Å². The summed E-state index contributed by atoms with van der Waals surface area (Å²) in [6, 6.07) is 3.92. The Labute approximate surface area is 146 Å². The Bertz CT molecular complexity index is 827. The van der Waals surface area contributed by atoms with Crippen LogP contribution in [0.15, 0.2) is 16.6 Å². The minimum Gasteiger partial charge on any atom is -0.454 e. The lowest BCUT2D eigenvalue weighted by Crippen LogP contribution is -2.32. The highest BCUT2D eigenvalue weighted by Gasteiger charge is 2.22. The topological polar surface area (TPSA) is 90.6 Å². The Kier molecular flexibility index (Phi) is 3.85. The van der Waals surface area contributed by atoms with Crippen LogP contribution < -0.4 is 15.2 Å². The molecule has 2 aliphatic rings. The molecule has 8 heteroatoms. The summed E-state index contributed by atoms with van der Waals surface area (Å²) in [7, 11) is 0. The van der Waals surface area contributed by atoms with Crippen LogP contribution in [-0.2, 0) is 19.5 Å². The van der Waals surface area contributed by atoms with Crippen LogP contribution in [0.4, 0.5) is 0 Å². The van der Waals surface area contributed by atoms with E-state index >= 15 is 0 Å². The average Bonchev–Trinajstić information content (AvgIpc) is 3.01. The lowest BCUT2D eigenvalue weighted by atomic mass is 10.1. The molecule has 4 rings (SSSR count). The quantitative estimate of drug-likeness (QED) is 0.853. The van der Waals surface area contributed by atoms with Crippen LogP contribution in [-0.4, -0.2) is 34.1 Å². The monoisotopic (exact) mass is 389 g/mol. The first-order chi connectivity index (χ1) is 11.6. The number of carbonyl (C=O) groups excluding carboxylic acids is 1. The molecule has 123 valence electrons. The van der Waals surface area contributed by atoms with E-state index in [-0.39, 0.29) is 12.6 Å². The number of rotatable bonds is 3. The lowest BCUT2D eigenvalue weighted by molar-refractivity contribution is 0.0989. The average molecular weight is 390 g/mol. The minimum absolute atomic E-state index is 0.0138. The lowest BCUT2D eigenvalue weighted by Gasteiger charge is -2.28. The van der Waals surface area contributed by atoms with Crippen molar-refractivity contribution in [3.05, 3.63) is 45.4 Å². The van der Waals surface area contributed by atoms with E-state index in [0.29, 0.717) is 6.54 Å². The van der Waals surface area contributed by atoms with Crippen LogP contribution in [0.2, 0.25) is 0 Å². The van der Waals surface area contributed by atoms with Gasteiger partial charge in [0.2, 0.25) is 12.6 Å². The molecule has 0 unspecified atom stereocenters. The second kappa shape index (κ2) is 6.03. The number of aromatic nitrogens is 2. The summed E-state index contributed by atoms with van der Waals surface area (Å²) >= 11 is 3.58. The summed E-state index contributed by atoms with van der Waals surface area (Å²) in [5.41, 5.74) is 8.11. The number of hydrogen-bond acceptors (Lipinski definition) is 6. The van der Waals surface area contributed by atoms with Gasteiger partial charge in [0, 0.05) is 29.7 Å². The number of amides is 1. The fourth-order valence-electron chi connectivity index (χ4n) is 2.86. The molecule has 0 saturated heterocycles. The molecule has 2 aromatic rings. The van der Waals surface area contributed by atoms with Crippen molar-refractivity contribution in [3.63, 3.8) is 0 Å². The molecular weight excluding hydrogens is 376 g/mol. The third-order valence-electron chi connectivity index (χ3n) is 4.09. The molecule has 7 nitrogen and oxygen atoms in total. The summed E-state index contributed by atoms with van der Waals surface area (Å²) in [5.74, 6) is 0.893. The van der Waals surface area contributed by atoms with E-state index in [1.54, 1.807) is 0 Å². The summed E-state index contributed by atoms with van der Waals surface area (Å²) in [4.78, 5) is 21.6. The predicted octanol–water partition coefficient (Wildman–Crippen LogP) is 1.43. The molecule has 1 aromatic heterocycles. The summed E-state index contributed by atoms with van der Waals surface area (Å²) in [6.07, 6.45) is 3.67. The van der Waals surface area contributed by atoms with Crippen LogP contribution in [0.3, 0.4) is 0 Å². The van der Waals surface area contributed by atoms with E-state index in [1.807, 2.05) is 12.1 Å². The zero-order valence-electron chi connectivity index (χ0n) is 12.7. The molecule has 0 fully saturated rings. The second-order valence-corrected chi connectivity index (χ2v) is 6.56. The fraction of sp³-hybridized carbons (Fsp3) is 0.312. The fourth-order valence-corrected chi connectivity index (χ4v) is 3.31. The number of benzene rings is 1. The zero-order valence-corrected chi connectivity index (χ0v) is 14.3. The van der Waals surface area contributed by atoms with Crippen molar-refractivity contribution >= 4 is 21.8 Å². The van der Waals surface area contributed by atoms with Gasteiger partial charge in [-0.1, -0.05) is 15.9 Å². The molecule has 1 radical (unpaired) electrons. The highest BCUT2D eigenvalue weighted by molar-refractivity contribution is 9.10. The van der Waals surface area contributed by atoms with Crippen molar-refractivity contribution in [2.45, 2.75) is 19.5 Å². The number of halogens is 1. The summed E-state index contributed by atoms with van der Waals surface area (Å²) in [5, 5.41) is 0. The number of nitrogens with zero attached hydrogens (tertiary/aromatic N) is 3. The van der Waals surface area contributed by atoms with Gasteiger partial charge < -0.3 is 15.2 Å². The van der Waals surface area contributed by atoms with Gasteiger partial charge in [0.1, 0.15) is 0 Å². The largest absolute Gasteiger partial charge is 0.454 e. The smallest absolute Gasteiger partial charge is 0.286 e. The molecule has 2 aliphatic heterocycles. The number of hydrogen-bond donors (Lipinski definition) is 1. The van der Waals surface area contributed by atoms with E-state index < -0.39 is 5.91 Å². The van der Waals surface area contributed by atoms with Gasteiger partial charge in [-0.25, -0.2) is 9.97 Å². The first kappa shape index (κ1) is 15.3. The van der Waals surface area contributed by atoms with Crippen molar-refractivity contribution in [1.29, 1.82) is 0 Å². The van der Waals surface area contributed by atoms with Crippen molar-refractivity contribution in [1.82, 2.24) is 14.9 Å². The maximum absolute atomic E-state index is 11.2. The van der Waals surface area contributed by atoms with E-state index in [2.05, 4.69) is 37.0 Å². The van der Waals surface area contributed by atoms with E-state index in [1.165, 1.54) is 0 Å². The zero-order chi connectivity index (χ0) is 16.7. The van der Waals surface area contributed by atoms with Gasteiger partial charge in [0.25, 0.3) is 5.91 Å². The number of carbonyl (C=O) groups is 1. The molecular formula is C16H14BrN4O3. The normalized spacial score (nSPS) is 16.0. The highest BCUT2D eigenvalue weighted by Crippen LogP contribution is 2.37. The molecule has 1 amide bonds. The third kappa shape index (κ3) is 2.83. The van der Waals surface area contributed by atoms with E-state index in [9.17, 15) is 4.79 Å². The Morgan fingerprint density at radius 2 is 2.17 bits per heavy atom. The Balaban J connectivity index is 1.55. The summed E-state index contributed by atoms with van der Waals surface area (Å²) < 4.78 is 11.8.